The highest BCUT2D eigenvalue weighted by atomic mass is 35.7. The molecule has 0 aromatic carbocycles. The van der Waals surface area contributed by atoms with Gasteiger partial charge in [0, 0.05) is 23.4 Å². The van der Waals surface area contributed by atoms with Crippen molar-refractivity contribution in [2.24, 2.45) is 5.92 Å². The fraction of sp³-hybridized carbons (Fsp3) is 0.643. The summed E-state index contributed by atoms with van der Waals surface area (Å²) < 4.78 is 29.5. The number of ether oxygens (including phenoxy) is 1. The molecule has 0 spiro atoms. The van der Waals surface area contributed by atoms with E-state index in [2.05, 4.69) is 13.8 Å². The number of aromatic nitrogens is 1. The van der Waals surface area contributed by atoms with E-state index in [0.29, 0.717) is 19.1 Å². The van der Waals surface area contributed by atoms with Gasteiger partial charge in [-0.05, 0) is 31.2 Å². The van der Waals surface area contributed by atoms with Crippen LogP contribution in [-0.2, 0) is 20.3 Å². The van der Waals surface area contributed by atoms with E-state index >= 15 is 0 Å². The first kappa shape index (κ1) is 18.0. The number of esters is 1. The summed E-state index contributed by atoms with van der Waals surface area (Å²) in [7, 11) is 1.47. The summed E-state index contributed by atoms with van der Waals surface area (Å²) in [5.41, 5.74) is 0.223. The Morgan fingerprint density at radius 2 is 2.10 bits per heavy atom. The third-order valence-corrected chi connectivity index (χ3v) is 4.31. The quantitative estimate of drug-likeness (QED) is 0.415. The second-order valence-electron chi connectivity index (χ2n) is 5.36. The van der Waals surface area contributed by atoms with Crippen LogP contribution in [0.4, 0.5) is 0 Å². The van der Waals surface area contributed by atoms with E-state index in [1.54, 1.807) is 4.57 Å². The maximum absolute atomic E-state index is 12.0. The molecule has 0 saturated heterocycles. The van der Waals surface area contributed by atoms with Gasteiger partial charge in [0.15, 0.2) is 0 Å². The topological polar surface area (TPSA) is 65.4 Å². The third kappa shape index (κ3) is 5.71. The lowest BCUT2D eigenvalue weighted by Crippen LogP contribution is -2.12. The van der Waals surface area contributed by atoms with E-state index in [1.165, 1.54) is 12.3 Å². The average molecular weight is 336 g/mol. The van der Waals surface area contributed by atoms with Crippen LogP contribution in [0.5, 0.6) is 0 Å². The maximum atomic E-state index is 12.0. The van der Waals surface area contributed by atoms with Crippen LogP contribution in [0.2, 0.25) is 0 Å². The largest absolute Gasteiger partial charge is 0.461 e. The fourth-order valence-electron chi connectivity index (χ4n) is 1.94. The van der Waals surface area contributed by atoms with Gasteiger partial charge >= 0.3 is 5.97 Å². The first-order chi connectivity index (χ1) is 9.75. The Morgan fingerprint density at radius 1 is 1.43 bits per heavy atom. The minimum Gasteiger partial charge on any atom is -0.461 e. The summed E-state index contributed by atoms with van der Waals surface area (Å²) in [6.45, 7) is 7.00. The average Bonchev–Trinajstić information content (AvgIpc) is 2.78. The Kier molecular flexibility index (Phi) is 6.74. The zero-order valence-electron chi connectivity index (χ0n) is 12.6. The first-order valence-corrected chi connectivity index (χ1v) is 9.38. The molecular weight excluding hydrogens is 314 g/mol. The molecule has 0 fully saturated rings. The number of hydrogen-bond acceptors (Lipinski definition) is 4. The second-order valence-corrected chi connectivity index (χ2v) is 7.93. The van der Waals surface area contributed by atoms with Crippen molar-refractivity contribution in [2.45, 2.75) is 51.5 Å². The lowest BCUT2D eigenvalue weighted by molar-refractivity contribution is 0.0482. The number of nitrogens with zero attached hydrogens (tertiary/aromatic N) is 1. The highest BCUT2D eigenvalue weighted by Crippen LogP contribution is 2.20. The van der Waals surface area contributed by atoms with E-state index in [0.717, 1.165) is 19.3 Å². The van der Waals surface area contributed by atoms with Gasteiger partial charge in [-0.15, -0.1) is 0 Å². The van der Waals surface area contributed by atoms with Crippen molar-refractivity contribution < 1.29 is 17.9 Å². The van der Waals surface area contributed by atoms with Crippen molar-refractivity contribution in [1.82, 2.24) is 4.57 Å². The molecule has 0 aliphatic carbocycles. The van der Waals surface area contributed by atoms with Crippen molar-refractivity contribution in [3.63, 3.8) is 0 Å². The van der Waals surface area contributed by atoms with E-state index in [9.17, 15) is 13.2 Å². The molecule has 0 amide bonds. The number of rotatable bonds is 8. The van der Waals surface area contributed by atoms with Crippen LogP contribution in [0, 0.1) is 5.92 Å². The van der Waals surface area contributed by atoms with Crippen molar-refractivity contribution in [3.8, 4) is 0 Å². The molecule has 120 valence electrons. The molecule has 5 nitrogen and oxygen atoms in total. The van der Waals surface area contributed by atoms with Crippen LogP contribution in [0.1, 0.15) is 50.5 Å². The molecule has 1 rings (SSSR count). The first-order valence-electron chi connectivity index (χ1n) is 7.07. The number of hydrogen-bond donors (Lipinski definition) is 0. The number of aryl methyl sites for hydroxylation is 1. The predicted octanol–water partition coefficient (Wildman–Crippen LogP) is 3.42. The lowest BCUT2D eigenvalue weighted by atomic mass is 10.1. The van der Waals surface area contributed by atoms with Gasteiger partial charge in [-0.3, -0.25) is 0 Å². The Morgan fingerprint density at radius 3 is 2.62 bits per heavy atom. The highest BCUT2D eigenvalue weighted by Gasteiger charge is 2.20. The number of carbonyl (C=O) groups is 1. The van der Waals surface area contributed by atoms with E-state index in [1.807, 2.05) is 6.92 Å². The lowest BCUT2D eigenvalue weighted by Gasteiger charge is -2.08. The minimum absolute atomic E-state index is 0.0771. The van der Waals surface area contributed by atoms with Gasteiger partial charge in [-0.2, -0.15) is 0 Å². The summed E-state index contributed by atoms with van der Waals surface area (Å²) in [6, 6.07) is 1.27. The standard InChI is InChI=1S/C14H22ClNO4S/c1-4-7-16-10-12(21(15,18)19)9-13(16)14(17)20-8-5-6-11(2)3/h9-11H,4-8H2,1-3H3. The predicted molar refractivity (Wildman–Crippen MR) is 82.1 cm³/mol. The smallest absolute Gasteiger partial charge is 0.354 e. The van der Waals surface area contributed by atoms with E-state index in [-0.39, 0.29) is 10.6 Å². The van der Waals surface area contributed by atoms with Crippen LogP contribution in [0.3, 0.4) is 0 Å². The summed E-state index contributed by atoms with van der Waals surface area (Å²) in [5, 5.41) is 0. The van der Waals surface area contributed by atoms with Gasteiger partial charge in [0.1, 0.15) is 10.6 Å². The van der Waals surface area contributed by atoms with Gasteiger partial charge in [-0.1, -0.05) is 20.8 Å². The number of carbonyl (C=O) groups excluding carboxylic acids is 1. The molecule has 0 aliphatic rings. The summed E-state index contributed by atoms with van der Waals surface area (Å²) in [4.78, 5) is 12.0. The molecular formula is C14H22ClNO4S. The molecule has 21 heavy (non-hydrogen) atoms. The van der Waals surface area contributed by atoms with Crippen LogP contribution in [0.15, 0.2) is 17.2 Å². The van der Waals surface area contributed by atoms with Gasteiger partial charge in [0.25, 0.3) is 9.05 Å². The van der Waals surface area contributed by atoms with Crippen LogP contribution >= 0.6 is 10.7 Å². The zero-order valence-corrected chi connectivity index (χ0v) is 14.2. The summed E-state index contributed by atoms with van der Waals surface area (Å²) in [5.74, 6) is 0.0411. The Balaban J connectivity index is 2.80. The second kappa shape index (κ2) is 7.84. The zero-order chi connectivity index (χ0) is 16.0. The number of halogens is 1. The van der Waals surface area contributed by atoms with Crippen LogP contribution < -0.4 is 0 Å². The molecule has 1 heterocycles. The molecule has 0 saturated carbocycles. The van der Waals surface area contributed by atoms with Crippen LogP contribution in [0.25, 0.3) is 0 Å². The van der Waals surface area contributed by atoms with Crippen molar-refractivity contribution in [3.05, 3.63) is 18.0 Å². The van der Waals surface area contributed by atoms with Crippen molar-refractivity contribution >= 4 is 25.7 Å². The molecule has 0 bridgehead atoms. The fourth-order valence-corrected chi connectivity index (χ4v) is 2.70. The molecule has 0 unspecified atom stereocenters. The van der Waals surface area contributed by atoms with Crippen molar-refractivity contribution in [1.29, 1.82) is 0 Å². The third-order valence-electron chi connectivity index (χ3n) is 2.99. The SMILES string of the molecule is CCCn1cc(S(=O)(=O)Cl)cc1C(=O)OCCCC(C)C. The minimum atomic E-state index is -3.85. The van der Waals surface area contributed by atoms with Crippen molar-refractivity contribution in [2.75, 3.05) is 6.61 Å². The molecule has 1 aromatic heterocycles. The van der Waals surface area contributed by atoms with Gasteiger partial charge in [0.2, 0.25) is 0 Å². The molecule has 0 atom stereocenters. The van der Waals surface area contributed by atoms with Gasteiger partial charge in [-0.25, -0.2) is 13.2 Å². The van der Waals surface area contributed by atoms with Gasteiger partial charge in [0.05, 0.1) is 6.61 Å². The molecule has 1 aromatic rings. The normalized spacial score (nSPS) is 11.9. The Labute approximate surface area is 130 Å². The highest BCUT2D eigenvalue weighted by molar-refractivity contribution is 8.13. The van der Waals surface area contributed by atoms with Gasteiger partial charge < -0.3 is 9.30 Å². The maximum Gasteiger partial charge on any atom is 0.354 e. The summed E-state index contributed by atoms with van der Waals surface area (Å²) in [6.07, 6.45) is 3.91. The Bertz CT molecular complexity index is 578. The molecule has 0 radical (unpaired) electrons. The molecule has 0 aliphatic heterocycles. The van der Waals surface area contributed by atoms with E-state index < -0.39 is 15.0 Å². The Hall–Kier alpha value is -1.01. The summed E-state index contributed by atoms with van der Waals surface area (Å²) >= 11 is 0. The van der Waals surface area contributed by atoms with Crippen LogP contribution in [-0.4, -0.2) is 25.6 Å². The molecule has 0 N–H and O–H groups in total. The van der Waals surface area contributed by atoms with E-state index in [4.69, 9.17) is 15.4 Å². The monoisotopic (exact) mass is 335 g/mol. The molecule has 7 heteroatoms.